The Morgan fingerprint density at radius 1 is 0.893 bits per heavy atom. The summed E-state index contributed by atoms with van der Waals surface area (Å²) < 4.78 is 26.9. The number of fused-ring (bicyclic) bond motifs is 1. The SMILES string of the molecule is COc1ccc(C[C@H]2C(=O)OCC[C@@H]2Cc2ccc3c(c2)OCO3)cc1OC. The molecule has 2 aromatic carbocycles. The predicted octanol–water partition coefficient (Wildman–Crippen LogP) is 3.40. The van der Waals surface area contributed by atoms with Crippen molar-refractivity contribution < 1.29 is 28.5 Å². The first-order valence-electron chi connectivity index (χ1n) is 9.44. The van der Waals surface area contributed by atoms with Crippen LogP contribution in [0, 0.1) is 11.8 Å². The van der Waals surface area contributed by atoms with Crippen molar-refractivity contribution >= 4 is 5.97 Å². The minimum absolute atomic E-state index is 0.133. The topological polar surface area (TPSA) is 63.2 Å². The molecule has 0 spiro atoms. The molecule has 0 unspecified atom stereocenters. The van der Waals surface area contributed by atoms with Gasteiger partial charge in [-0.25, -0.2) is 0 Å². The summed E-state index contributed by atoms with van der Waals surface area (Å²) >= 11 is 0. The Labute approximate surface area is 164 Å². The van der Waals surface area contributed by atoms with Crippen molar-refractivity contribution in [1.29, 1.82) is 0 Å². The van der Waals surface area contributed by atoms with Gasteiger partial charge in [0.2, 0.25) is 6.79 Å². The molecule has 0 aromatic heterocycles. The fraction of sp³-hybridized carbons (Fsp3) is 0.409. The van der Waals surface area contributed by atoms with Gasteiger partial charge in [0.05, 0.1) is 26.7 Å². The number of rotatable bonds is 6. The average Bonchev–Trinajstić information content (AvgIpc) is 3.18. The zero-order valence-corrected chi connectivity index (χ0v) is 16.1. The average molecular weight is 384 g/mol. The number of hydrogen-bond donors (Lipinski definition) is 0. The third kappa shape index (κ3) is 3.72. The largest absolute Gasteiger partial charge is 0.493 e. The van der Waals surface area contributed by atoms with Gasteiger partial charge in [0.15, 0.2) is 23.0 Å². The van der Waals surface area contributed by atoms with E-state index in [1.165, 1.54) is 0 Å². The van der Waals surface area contributed by atoms with Crippen LogP contribution in [0.25, 0.3) is 0 Å². The number of benzene rings is 2. The van der Waals surface area contributed by atoms with Crippen LogP contribution in [0.5, 0.6) is 23.0 Å². The number of methoxy groups -OCH3 is 2. The van der Waals surface area contributed by atoms with Crippen molar-refractivity contribution in [3.63, 3.8) is 0 Å². The molecule has 2 atom stereocenters. The second-order valence-corrected chi connectivity index (χ2v) is 7.11. The molecule has 0 amide bonds. The van der Waals surface area contributed by atoms with E-state index in [1.54, 1.807) is 14.2 Å². The van der Waals surface area contributed by atoms with Gasteiger partial charge < -0.3 is 23.7 Å². The maximum absolute atomic E-state index is 12.5. The summed E-state index contributed by atoms with van der Waals surface area (Å²) in [5.41, 5.74) is 2.17. The van der Waals surface area contributed by atoms with Gasteiger partial charge in [0, 0.05) is 0 Å². The molecule has 0 aliphatic carbocycles. The standard InChI is InChI=1S/C22H24O6/c1-24-18-5-3-15(11-20(18)25-2)10-17-16(7-8-26-22(17)23)9-14-4-6-19-21(12-14)28-13-27-19/h3-6,11-12,16-17H,7-10,13H2,1-2H3/t16-,17-/m1/s1. The molecule has 0 saturated carbocycles. The minimum Gasteiger partial charge on any atom is -0.493 e. The summed E-state index contributed by atoms with van der Waals surface area (Å²) in [5, 5.41) is 0. The van der Waals surface area contributed by atoms with Crippen molar-refractivity contribution in [2.24, 2.45) is 11.8 Å². The third-order valence-corrected chi connectivity index (χ3v) is 5.44. The Hall–Kier alpha value is -2.89. The Morgan fingerprint density at radius 2 is 1.64 bits per heavy atom. The number of carbonyl (C=O) groups excluding carboxylic acids is 1. The molecule has 2 heterocycles. The molecule has 4 rings (SSSR count). The second kappa shape index (κ2) is 8.00. The van der Waals surface area contributed by atoms with Crippen LogP contribution in [0.2, 0.25) is 0 Å². The van der Waals surface area contributed by atoms with Crippen molar-refractivity contribution in [3.05, 3.63) is 47.5 Å². The number of ether oxygens (including phenoxy) is 5. The summed E-state index contributed by atoms with van der Waals surface area (Å²) in [7, 11) is 3.22. The lowest BCUT2D eigenvalue weighted by atomic mass is 9.79. The zero-order chi connectivity index (χ0) is 19.5. The van der Waals surface area contributed by atoms with Crippen LogP contribution in [0.15, 0.2) is 36.4 Å². The zero-order valence-electron chi connectivity index (χ0n) is 16.1. The molecule has 2 aliphatic heterocycles. The number of hydrogen-bond acceptors (Lipinski definition) is 6. The van der Waals surface area contributed by atoms with Gasteiger partial charge in [-0.2, -0.15) is 0 Å². The molecule has 1 fully saturated rings. The summed E-state index contributed by atoms with van der Waals surface area (Å²) in [4.78, 5) is 12.5. The third-order valence-electron chi connectivity index (χ3n) is 5.44. The van der Waals surface area contributed by atoms with E-state index >= 15 is 0 Å². The summed E-state index contributed by atoms with van der Waals surface area (Å²) in [6, 6.07) is 11.8. The van der Waals surface area contributed by atoms with Gasteiger partial charge in [-0.1, -0.05) is 12.1 Å². The van der Waals surface area contributed by atoms with Crippen LogP contribution < -0.4 is 18.9 Å². The number of cyclic esters (lactones) is 1. The fourth-order valence-corrected chi connectivity index (χ4v) is 3.94. The first-order valence-corrected chi connectivity index (χ1v) is 9.44. The lowest BCUT2D eigenvalue weighted by molar-refractivity contribution is -0.156. The highest BCUT2D eigenvalue weighted by Crippen LogP contribution is 2.36. The van der Waals surface area contributed by atoms with Crippen LogP contribution in [-0.4, -0.2) is 33.6 Å². The van der Waals surface area contributed by atoms with E-state index in [2.05, 4.69) is 0 Å². The highest BCUT2D eigenvalue weighted by molar-refractivity contribution is 5.74. The smallest absolute Gasteiger partial charge is 0.309 e. The molecule has 2 aliphatic rings. The monoisotopic (exact) mass is 384 g/mol. The fourth-order valence-electron chi connectivity index (χ4n) is 3.94. The van der Waals surface area contributed by atoms with E-state index in [9.17, 15) is 4.79 Å². The van der Waals surface area contributed by atoms with Gasteiger partial charge >= 0.3 is 5.97 Å². The van der Waals surface area contributed by atoms with Crippen LogP contribution in [0.3, 0.4) is 0 Å². The van der Waals surface area contributed by atoms with Gasteiger partial charge in [-0.15, -0.1) is 0 Å². The van der Waals surface area contributed by atoms with Crippen molar-refractivity contribution in [2.45, 2.75) is 19.3 Å². The van der Waals surface area contributed by atoms with Gasteiger partial charge in [0.25, 0.3) is 0 Å². The predicted molar refractivity (Wildman–Crippen MR) is 102 cm³/mol. The van der Waals surface area contributed by atoms with E-state index in [4.69, 9.17) is 23.7 Å². The molecular formula is C22H24O6. The van der Waals surface area contributed by atoms with Gasteiger partial charge in [-0.3, -0.25) is 4.79 Å². The van der Waals surface area contributed by atoms with E-state index in [1.807, 2.05) is 36.4 Å². The van der Waals surface area contributed by atoms with E-state index in [-0.39, 0.29) is 24.6 Å². The van der Waals surface area contributed by atoms with Gasteiger partial charge in [-0.05, 0) is 60.6 Å². The second-order valence-electron chi connectivity index (χ2n) is 7.11. The summed E-state index contributed by atoms with van der Waals surface area (Å²) in [6.07, 6.45) is 2.25. The molecule has 1 saturated heterocycles. The Balaban J connectivity index is 1.52. The van der Waals surface area contributed by atoms with Gasteiger partial charge in [0.1, 0.15) is 0 Å². The highest BCUT2D eigenvalue weighted by Gasteiger charge is 2.34. The maximum Gasteiger partial charge on any atom is 0.309 e. The van der Waals surface area contributed by atoms with Crippen LogP contribution in [-0.2, 0) is 22.4 Å². The molecule has 28 heavy (non-hydrogen) atoms. The van der Waals surface area contributed by atoms with E-state index < -0.39 is 0 Å². The maximum atomic E-state index is 12.5. The molecule has 6 nitrogen and oxygen atoms in total. The van der Waals surface area contributed by atoms with E-state index in [0.717, 1.165) is 35.5 Å². The quantitative estimate of drug-likeness (QED) is 0.712. The van der Waals surface area contributed by atoms with Crippen molar-refractivity contribution in [2.75, 3.05) is 27.6 Å². The Kier molecular flexibility index (Phi) is 5.28. The molecule has 148 valence electrons. The summed E-state index contributed by atoms with van der Waals surface area (Å²) in [6.45, 7) is 0.729. The normalized spacial score (nSPS) is 20.6. The van der Waals surface area contributed by atoms with Crippen LogP contribution in [0.4, 0.5) is 0 Å². The molecule has 0 bridgehead atoms. The lowest BCUT2D eigenvalue weighted by Crippen LogP contribution is -2.35. The summed E-state index contributed by atoms with van der Waals surface area (Å²) in [5.74, 6) is 2.76. The number of carbonyl (C=O) groups is 1. The first kappa shape index (κ1) is 18.5. The molecule has 0 radical (unpaired) electrons. The highest BCUT2D eigenvalue weighted by atomic mass is 16.7. The Morgan fingerprint density at radius 3 is 2.46 bits per heavy atom. The number of esters is 1. The molecular weight excluding hydrogens is 360 g/mol. The molecule has 6 heteroatoms. The minimum atomic E-state index is -0.197. The van der Waals surface area contributed by atoms with E-state index in [0.29, 0.717) is 24.5 Å². The van der Waals surface area contributed by atoms with Crippen molar-refractivity contribution in [1.82, 2.24) is 0 Å². The Bertz CT molecular complexity index is 862. The van der Waals surface area contributed by atoms with Crippen LogP contribution >= 0.6 is 0 Å². The molecule has 2 aromatic rings. The van der Waals surface area contributed by atoms with Crippen LogP contribution in [0.1, 0.15) is 17.5 Å². The molecule has 0 N–H and O–H groups in total. The van der Waals surface area contributed by atoms with Crippen molar-refractivity contribution in [3.8, 4) is 23.0 Å². The lowest BCUT2D eigenvalue weighted by Gasteiger charge is -2.30. The first-order chi connectivity index (χ1) is 13.7.